The van der Waals surface area contributed by atoms with Gasteiger partial charge in [0.15, 0.2) is 0 Å². The first-order valence-corrected chi connectivity index (χ1v) is 7.45. The van der Waals surface area contributed by atoms with Crippen molar-refractivity contribution in [1.82, 2.24) is 5.32 Å². The normalized spacial score (nSPS) is 28.2. The SMILES string of the molecule is CCCOc1ccc2c(c1)C(OC)CC1(CCNC1)O2. The van der Waals surface area contributed by atoms with Gasteiger partial charge in [-0.05, 0) is 31.2 Å². The Morgan fingerprint density at radius 1 is 1.45 bits per heavy atom. The molecule has 0 radical (unpaired) electrons. The molecule has 1 N–H and O–H groups in total. The highest BCUT2D eigenvalue weighted by Gasteiger charge is 2.43. The van der Waals surface area contributed by atoms with E-state index in [1.807, 2.05) is 12.1 Å². The highest BCUT2D eigenvalue weighted by Crippen LogP contribution is 2.44. The molecule has 4 nitrogen and oxygen atoms in total. The van der Waals surface area contributed by atoms with E-state index < -0.39 is 0 Å². The number of fused-ring (bicyclic) bond motifs is 1. The number of rotatable bonds is 4. The number of nitrogens with one attached hydrogen (secondary N) is 1. The van der Waals surface area contributed by atoms with Gasteiger partial charge in [-0.15, -0.1) is 0 Å². The second-order valence-electron chi connectivity index (χ2n) is 5.69. The van der Waals surface area contributed by atoms with Crippen molar-refractivity contribution >= 4 is 0 Å². The van der Waals surface area contributed by atoms with Crippen LogP contribution in [0.25, 0.3) is 0 Å². The molecule has 0 aromatic heterocycles. The van der Waals surface area contributed by atoms with Crippen molar-refractivity contribution in [3.8, 4) is 11.5 Å². The molecule has 2 aliphatic rings. The van der Waals surface area contributed by atoms with Gasteiger partial charge in [0.05, 0.1) is 12.7 Å². The molecule has 20 heavy (non-hydrogen) atoms. The summed E-state index contributed by atoms with van der Waals surface area (Å²) in [6.45, 7) is 4.77. The van der Waals surface area contributed by atoms with Crippen LogP contribution in [0, 0.1) is 0 Å². The Kier molecular flexibility index (Phi) is 3.85. The van der Waals surface area contributed by atoms with Crippen LogP contribution in [0.4, 0.5) is 0 Å². The molecule has 3 rings (SSSR count). The fraction of sp³-hybridized carbons (Fsp3) is 0.625. The van der Waals surface area contributed by atoms with E-state index in [1.54, 1.807) is 7.11 Å². The summed E-state index contributed by atoms with van der Waals surface area (Å²) in [6.07, 6.45) is 3.04. The number of methoxy groups -OCH3 is 1. The maximum atomic E-state index is 6.27. The lowest BCUT2D eigenvalue weighted by Crippen LogP contribution is -2.43. The van der Waals surface area contributed by atoms with Gasteiger partial charge >= 0.3 is 0 Å². The zero-order valence-corrected chi connectivity index (χ0v) is 12.3. The van der Waals surface area contributed by atoms with Crippen LogP contribution in [0.1, 0.15) is 37.9 Å². The van der Waals surface area contributed by atoms with Crippen molar-refractivity contribution in [2.45, 2.75) is 37.9 Å². The second kappa shape index (κ2) is 5.62. The van der Waals surface area contributed by atoms with Gasteiger partial charge in [0.1, 0.15) is 17.1 Å². The summed E-state index contributed by atoms with van der Waals surface area (Å²) in [5.41, 5.74) is 1.01. The van der Waals surface area contributed by atoms with Gasteiger partial charge in [0.25, 0.3) is 0 Å². The average Bonchev–Trinajstić information content (AvgIpc) is 2.92. The van der Waals surface area contributed by atoms with Gasteiger partial charge in [0, 0.05) is 32.1 Å². The third kappa shape index (κ3) is 2.50. The van der Waals surface area contributed by atoms with E-state index in [1.165, 1.54) is 0 Å². The topological polar surface area (TPSA) is 39.7 Å². The van der Waals surface area contributed by atoms with Crippen LogP contribution in [0.3, 0.4) is 0 Å². The number of ether oxygens (including phenoxy) is 3. The standard InChI is InChI=1S/C16H23NO3/c1-3-8-19-12-4-5-14-13(9-12)15(18-2)10-16(20-14)6-7-17-11-16/h4-5,9,15,17H,3,6-8,10-11H2,1-2H3. The van der Waals surface area contributed by atoms with Crippen molar-refractivity contribution < 1.29 is 14.2 Å². The minimum absolute atomic E-state index is 0.0869. The molecule has 110 valence electrons. The second-order valence-corrected chi connectivity index (χ2v) is 5.69. The summed E-state index contributed by atoms with van der Waals surface area (Å²) in [5.74, 6) is 1.84. The Labute approximate surface area is 120 Å². The van der Waals surface area contributed by atoms with Crippen LogP contribution in [0.5, 0.6) is 11.5 Å². The van der Waals surface area contributed by atoms with Crippen molar-refractivity contribution in [1.29, 1.82) is 0 Å². The molecule has 2 unspecified atom stereocenters. The zero-order chi connectivity index (χ0) is 14.0. The monoisotopic (exact) mass is 277 g/mol. The summed E-state index contributed by atoms with van der Waals surface area (Å²) in [5, 5.41) is 3.39. The molecule has 0 bridgehead atoms. The van der Waals surface area contributed by atoms with E-state index in [4.69, 9.17) is 14.2 Å². The fourth-order valence-corrected chi connectivity index (χ4v) is 3.10. The number of benzene rings is 1. The van der Waals surface area contributed by atoms with Gasteiger partial charge in [-0.3, -0.25) is 0 Å². The highest BCUT2D eigenvalue weighted by atomic mass is 16.5. The van der Waals surface area contributed by atoms with E-state index in [-0.39, 0.29) is 11.7 Å². The molecule has 4 heteroatoms. The fourth-order valence-electron chi connectivity index (χ4n) is 3.10. The van der Waals surface area contributed by atoms with Crippen molar-refractivity contribution in [2.24, 2.45) is 0 Å². The van der Waals surface area contributed by atoms with Crippen LogP contribution in [0.15, 0.2) is 18.2 Å². The van der Waals surface area contributed by atoms with Crippen LogP contribution in [-0.2, 0) is 4.74 Å². The molecule has 2 heterocycles. The highest BCUT2D eigenvalue weighted by molar-refractivity contribution is 5.44. The van der Waals surface area contributed by atoms with Gasteiger partial charge in [-0.25, -0.2) is 0 Å². The van der Waals surface area contributed by atoms with Crippen molar-refractivity contribution in [3.05, 3.63) is 23.8 Å². The first kappa shape index (κ1) is 13.7. The van der Waals surface area contributed by atoms with Gasteiger partial charge in [-0.1, -0.05) is 6.92 Å². The Bertz CT molecular complexity index is 469. The Hall–Kier alpha value is -1.26. The van der Waals surface area contributed by atoms with Crippen molar-refractivity contribution in [3.63, 3.8) is 0 Å². The third-order valence-corrected chi connectivity index (χ3v) is 4.17. The molecule has 1 aromatic rings. The average molecular weight is 277 g/mol. The molecule has 1 saturated heterocycles. The first-order valence-electron chi connectivity index (χ1n) is 7.45. The Morgan fingerprint density at radius 2 is 2.35 bits per heavy atom. The quantitative estimate of drug-likeness (QED) is 0.918. The molecule has 0 saturated carbocycles. The smallest absolute Gasteiger partial charge is 0.126 e. The maximum Gasteiger partial charge on any atom is 0.126 e. The molecule has 1 spiro atoms. The number of hydrogen-bond donors (Lipinski definition) is 1. The molecule has 1 fully saturated rings. The predicted molar refractivity (Wildman–Crippen MR) is 77.4 cm³/mol. The van der Waals surface area contributed by atoms with Crippen LogP contribution < -0.4 is 14.8 Å². The maximum absolute atomic E-state index is 6.27. The van der Waals surface area contributed by atoms with Crippen LogP contribution >= 0.6 is 0 Å². The summed E-state index contributed by atoms with van der Waals surface area (Å²) in [7, 11) is 1.77. The summed E-state index contributed by atoms with van der Waals surface area (Å²) in [4.78, 5) is 0. The van der Waals surface area contributed by atoms with E-state index in [0.29, 0.717) is 0 Å². The minimum atomic E-state index is -0.0977. The zero-order valence-electron chi connectivity index (χ0n) is 12.3. The van der Waals surface area contributed by atoms with Crippen LogP contribution in [0.2, 0.25) is 0 Å². The number of hydrogen-bond acceptors (Lipinski definition) is 4. The molecule has 2 aliphatic heterocycles. The van der Waals surface area contributed by atoms with E-state index in [9.17, 15) is 0 Å². The lowest BCUT2D eigenvalue weighted by Gasteiger charge is -2.39. The summed E-state index contributed by atoms with van der Waals surface area (Å²) >= 11 is 0. The van der Waals surface area contributed by atoms with E-state index in [2.05, 4.69) is 18.3 Å². The van der Waals surface area contributed by atoms with Gasteiger partial charge in [-0.2, -0.15) is 0 Å². The first-order chi connectivity index (χ1) is 9.76. The molecule has 0 aliphatic carbocycles. The van der Waals surface area contributed by atoms with Crippen molar-refractivity contribution in [2.75, 3.05) is 26.8 Å². The van der Waals surface area contributed by atoms with Gasteiger partial charge in [0.2, 0.25) is 0 Å². The van der Waals surface area contributed by atoms with E-state index in [0.717, 1.165) is 56.0 Å². The Morgan fingerprint density at radius 3 is 3.05 bits per heavy atom. The molecular formula is C16H23NO3. The minimum Gasteiger partial charge on any atom is -0.494 e. The molecule has 2 atom stereocenters. The van der Waals surface area contributed by atoms with Gasteiger partial charge < -0.3 is 19.5 Å². The third-order valence-electron chi connectivity index (χ3n) is 4.17. The summed E-state index contributed by atoms with van der Waals surface area (Å²) in [6, 6.07) is 6.07. The Balaban J connectivity index is 1.87. The summed E-state index contributed by atoms with van der Waals surface area (Å²) < 4.78 is 17.7. The lowest BCUT2D eigenvalue weighted by atomic mass is 9.88. The van der Waals surface area contributed by atoms with Crippen LogP contribution in [-0.4, -0.2) is 32.4 Å². The molecule has 1 aromatic carbocycles. The van der Waals surface area contributed by atoms with E-state index >= 15 is 0 Å². The molecular weight excluding hydrogens is 254 g/mol. The predicted octanol–water partition coefficient (Wildman–Crippen LogP) is 2.68. The molecule has 0 amide bonds. The largest absolute Gasteiger partial charge is 0.494 e. The lowest BCUT2D eigenvalue weighted by molar-refractivity contribution is -0.0204.